The molecule has 0 amide bonds. The molecular weight excluding hydrogens is 459 g/mol. The molecule has 36 heavy (non-hydrogen) atoms. The lowest BCUT2D eigenvalue weighted by atomic mass is 10.1. The van der Waals surface area contributed by atoms with E-state index in [0.717, 1.165) is 103 Å². The molecular formula is C27H39FN6O2. The lowest BCUT2D eigenvalue weighted by Crippen LogP contribution is -2.22. The van der Waals surface area contributed by atoms with Gasteiger partial charge >= 0.3 is 0 Å². The van der Waals surface area contributed by atoms with Crippen LogP contribution < -0.4 is 14.8 Å². The van der Waals surface area contributed by atoms with E-state index in [1.54, 1.807) is 14.2 Å². The van der Waals surface area contributed by atoms with Crippen molar-refractivity contribution in [1.29, 1.82) is 0 Å². The Balaban J connectivity index is 1.43. The summed E-state index contributed by atoms with van der Waals surface area (Å²) in [6.07, 6.45) is 7.13. The molecule has 0 saturated carbocycles. The van der Waals surface area contributed by atoms with E-state index in [-0.39, 0.29) is 0 Å². The molecule has 1 aliphatic rings. The van der Waals surface area contributed by atoms with Gasteiger partial charge in [0.05, 0.1) is 19.9 Å². The molecule has 0 radical (unpaired) electrons. The Labute approximate surface area is 213 Å². The molecule has 4 rings (SSSR count). The van der Waals surface area contributed by atoms with Gasteiger partial charge in [0.2, 0.25) is 0 Å². The van der Waals surface area contributed by atoms with Gasteiger partial charge in [-0.05, 0) is 50.8 Å². The van der Waals surface area contributed by atoms with Crippen LogP contribution in [-0.2, 0) is 19.4 Å². The maximum absolute atomic E-state index is 13.4. The number of rotatable bonds is 14. The first-order chi connectivity index (χ1) is 17.6. The molecule has 1 saturated heterocycles. The van der Waals surface area contributed by atoms with Gasteiger partial charge in [0, 0.05) is 37.7 Å². The molecule has 0 unspecified atom stereocenters. The Hall–Kier alpha value is -2.94. The van der Waals surface area contributed by atoms with Crippen LogP contribution in [0.15, 0.2) is 18.2 Å². The molecule has 0 bridgehead atoms. The Morgan fingerprint density at radius 1 is 1.08 bits per heavy atom. The van der Waals surface area contributed by atoms with Crippen LogP contribution in [0.4, 0.5) is 10.2 Å². The summed E-state index contributed by atoms with van der Waals surface area (Å²) in [6, 6.07) is 5.80. The van der Waals surface area contributed by atoms with Crippen LogP contribution in [0.5, 0.6) is 11.5 Å². The molecule has 1 aromatic carbocycles. The molecule has 3 heterocycles. The second-order valence-electron chi connectivity index (χ2n) is 9.52. The van der Waals surface area contributed by atoms with Crippen molar-refractivity contribution in [2.45, 2.75) is 71.0 Å². The number of nitrogens with one attached hydrogen (secondary N) is 2. The summed E-state index contributed by atoms with van der Waals surface area (Å²) in [5.74, 6) is 3.09. The topological polar surface area (TPSA) is 88.2 Å². The zero-order valence-electron chi connectivity index (χ0n) is 21.8. The van der Waals surface area contributed by atoms with Gasteiger partial charge in [0.15, 0.2) is 11.3 Å². The van der Waals surface area contributed by atoms with Crippen LogP contribution in [-0.4, -0.2) is 65.1 Å². The van der Waals surface area contributed by atoms with E-state index < -0.39 is 6.17 Å². The monoisotopic (exact) mass is 498 g/mol. The van der Waals surface area contributed by atoms with E-state index in [1.807, 2.05) is 18.2 Å². The van der Waals surface area contributed by atoms with Crippen molar-refractivity contribution < 1.29 is 13.9 Å². The average molecular weight is 499 g/mol. The Morgan fingerprint density at radius 2 is 1.97 bits per heavy atom. The summed E-state index contributed by atoms with van der Waals surface area (Å²) in [5, 5.41) is 11.3. The van der Waals surface area contributed by atoms with Gasteiger partial charge in [-0.25, -0.2) is 14.4 Å². The number of halogens is 1. The number of H-pyrrole nitrogens is 1. The maximum atomic E-state index is 13.4. The van der Waals surface area contributed by atoms with E-state index in [1.165, 1.54) is 0 Å². The fourth-order valence-corrected chi connectivity index (χ4v) is 4.72. The van der Waals surface area contributed by atoms with E-state index in [2.05, 4.69) is 27.3 Å². The average Bonchev–Trinajstić information content (AvgIpc) is 3.51. The summed E-state index contributed by atoms with van der Waals surface area (Å²) in [4.78, 5) is 11.9. The van der Waals surface area contributed by atoms with Crippen molar-refractivity contribution >= 4 is 16.9 Å². The number of nitrogens with zero attached hydrogens (tertiary/aromatic N) is 4. The van der Waals surface area contributed by atoms with E-state index in [9.17, 15) is 4.39 Å². The van der Waals surface area contributed by atoms with Crippen molar-refractivity contribution in [3.8, 4) is 11.5 Å². The molecule has 3 aromatic rings. The predicted molar refractivity (Wildman–Crippen MR) is 141 cm³/mol. The second kappa shape index (κ2) is 12.9. The van der Waals surface area contributed by atoms with Gasteiger partial charge in [-0.3, -0.25) is 5.10 Å². The van der Waals surface area contributed by atoms with Gasteiger partial charge in [0.1, 0.15) is 29.0 Å². The third-order valence-electron chi connectivity index (χ3n) is 6.83. The highest BCUT2D eigenvalue weighted by atomic mass is 19.1. The molecule has 8 nitrogen and oxygen atoms in total. The first kappa shape index (κ1) is 26.1. The number of hydrogen-bond acceptors (Lipinski definition) is 7. The number of hydrogen-bond donors (Lipinski definition) is 2. The molecule has 1 fully saturated rings. The summed E-state index contributed by atoms with van der Waals surface area (Å²) in [5.41, 5.74) is 3.73. The molecule has 1 atom stereocenters. The number of aryl methyl sites for hydroxylation is 2. The number of fused-ring (bicyclic) bond motifs is 1. The highest BCUT2D eigenvalue weighted by molar-refractivity contribution is 5.87. The SMILES string of the molecule is CCCCc1nc(NCc2ccc(OC)cc2OC)c2n[nH]c(CCCCCN3CC[C@H](F)C3)c2n1. The summed E-state index contributed by atoms with van der Waals surface area (Å²) < 4.78 is 24.2. The largest absolute Gasteiger partial charge is 0.497 e. The van der Waals surface area contributed by atoms with Gasteiger partial charge < -0.3 is 19.7 Å². The highest BCUT2D eigenvalue weighted by Gasteiger charge is 2.21. The maximum Gasteiger partial charge on any atom is 0.158 e. The number of benzene rings is 1. The number of aromatic amines is 1. The Morgan fingerprint density at radius 3 is 2.72 bits per heavy atom. The third kappa shape index (κ3) is 6.63. The number of aromatic nitrogens is 4. The summed E-state index contributed by atoms with van der Waals surface area (Å²) in [7, 11) is 3.30. The molecule has 1 aliphatic heterocycles. The predicted octanol–water partition coefficient (Wildman–Crippen LogP) is 5.08. The van der Waals surface area contributed by atoms with Crippen LogP contribution in [0, 0.1) is 0 Å². The van der Waals surface area contributed by atoms with Gasteiger partial charge in [-0.1, -0.05) is 19.8 Å². The number of ether oxygens (including phenoxy) is 2. The normalized spacial score (nSPS) is 16.1. The Bertz CT molecular complexity index is 1120. The van der Waals surface area contributed by atoms with E-state index >= 15 is 0 Å². The minimum Gasteiger partial charge on any atom is -0.497 e. The zero-order chi connectivity index (χ0) is 25.3. The van der Waals surface area contributed by atoms with Crippen molar-refractivity contribution in [1.82, 2.24) is 25.1 Å². The van der Waals surface area contributed by atoms with E-state index in [0.29, 0.717) is 19.5 Å². The number of alkyl halides is 1. The molecule has 2 aromatic heterocycles. The van der Waals surface area contributed by atoms with Crippen LogP contribution >= 0.6 is 0 Å². The van der Waals surface area contributed by atoms with Crippen LogP contribution in [0.25, 0.3) is 11.0 Å². The number of likely N-dealkylation sites (tertiary alicyclic amines) is 1. The summed E-state index contributed by atoms with van der Waals surface area (Å²) in [6.45, 7) is 5.19. The second-order valence-corrected chi connectivity index (χ2v) is 9.52. The minimum absolute atomic E-state index is 0.547. The first-order valence-corrected chi connectivity index (χ1v) is 13.2. The highest BCUT2D eigenvalue weighted by Crippen LogP contribution is 2.27. The van der Waals surface area contributed by atoms with Crippen LogP contribution in [0.3, 0.4) is 0 Å². The fourth-order valence-electron chi connectivity index (χ4n) is 4.72. The molecule has 0 spiro atoms. The molecule has 0 aliphatic carbocycles. The number of anilines is 1. The van der Waals surface area contributed by atoms with Crippen molar-refractivity contribution in [3.05, 3.63) is 35.3 Å². The van der Waals surface area contributed by atoms with Gasteiger partial charge in [0.25, 0.3) is 0 Å². The zero-order valence-corrected chi connectivity index (χ0v) is 21.8. The smallest absolute Gasteiger partial charge is 0.158 e. The molecule has 2 N–H and O–H groups in total. The third-order valence-corrected chi connectivity index (χ3v) is 6.83. The Kier molecular flexibility index (Phi) is 9.33. The van der Waals surface area contributed by atoms with Gasteiger partial charge in [-0.15, -0.1) is 0 Å². The van der Waals surface area contributed by atoms with Crippen LogP contribution in [0.2, 0.25) is 0 Å². The first-order valence-electron chi connectivity index (χ1n) is 13.2. The lowest BCUT2D eigenvalue weighted by molar-refractivity contribution is 0.283. The number of unbranched alkanes of at least 4 members (excludes halogenated alkanes) is 3. The van der Waals surface area contributed by atoms with E-state index in [4.69, 9.17) is 19.4 Å². The van der Waals surface area contributed by atoms with Gasteiger partial charge in [-0.2, -0.15) is 5.10 Å². The summed E-state index contributed by atoms with van der Waals surface area (Å²) >= 11 is 0. The quantitative estimate of drug-likeness (QED) is 0.300. The lowest BCUT2D eigenvalue weighted by Gasteiger charge is -2.13. The molecule has 9 heteroatoms. The van der Waals surface area contributed by atoms with Crippen LogP contribution in [0.1, 0.15) is 62.5 Å². The fraction of sp³-hybridized carbons (Fsp3) is 0.593. The minimum atomic E-state index is -0.642. The van der Waals surface area contributed by atoms with Crippen molar-refractivity contribution in [2.24, 2.45) is 0 Å². The van der Waals surface area contributed by atoms with Crippen molar-refractivity contribution in [2.75, 3.05) is 39.2 Å². The number of methoxy groups -OCH3 is 2. The molecule has 196 valence electrons. The van der Waals surface area contributed by atoms with Crippen molar-refractivity contribution in [3.63, 3.8) is 0 Å². The standard InChI is InChI=1S/C27H39FN6O2/c1-4-5-10-24-30-25-22(9-7-6-8-14-34-15-13-20(28)18-34)32-33-26(25)27(31-24)29-17-19-11-12-21(35-2)16-23(19)36-3/h11-12,16,20H,4-10,13-15,17-18H2,1-3H3,(H,32,33)(H,29,30,31)/t20-/m0/s1.